The Morgan fingerprint density at radius 1 is 1.00 bits per heavy atom. The molecule has 2 aliphatic rings. The quantitative estimate of drug-likeness (QED) is 0.0243. The van der Waals surface area contributed by atoms with Gasteiger partial charge in [-0.1, -0.05) is 0 Å². The first-order valence-corrected chi connectivity index (χ1v) is 17.5. The van der Waals surface area contributed by atoms with E-state index in [9.17, 15) is 62.2 Å². The van der Waals surface area contributed by atoms with Gasteiger partial charge in [-0.05, 0) is 12.1 Å². The monoisotopic (exact) mass is 859 g/mol. The van der Waals surface area contributed by atoms with E-state index in [1.54, 1.807) is 0 Å². The number of hydrogen-bond donors (Lipinski definition) is 7. The van der Waals surface area contributed by atoms with E-state index in [0.717, 1.165) is 17.1 Å². The van der Waals surface area contributed by atoms with Gasteiger partial charge in [0.25, 0.3) is 21.9 Å². The van der Waals surface area contributed by atoms with Crippen LogP contribution in [0.2, 0.25) is 0 Å². The van der Waals surface area contributed by atoms with Gasteiger partial charge in [0.15, 0.2) is 6.10 Å². The molecule has 7 N–H and O–H groups in total. The van der Waals surface area contributed by atoms with Crippen LogP contribution in [0.5, 0.6) is 11.5 Å². The Morgan fingerprint density at radius 2 is 1.69 bits per heavy atom. The fraction of sp³-hybridized carbons (Fsp3) is 0.500. The minimum Gasteiger partial charge on any atom is -0.491 e. The summed E-state index contributed by atoms with van der Waals surface area (Å²) in [6.45, 7) is -1.04. The molecule has 0 radical (unpaired) electrons. The number of carbonyl (C=O) groups excluding carboxylic acids is 5. The first-order valence-electron chi connectivity index (χ1n) is 14.8. The number of imide groups is 1. The Hall–Kier alpha value is -3.98. The minimum absolute atomic E-state index is 0.0525. The third-order valence-corrected chi connectivity index (χ3v) is 8.04. The number of ether oxygens (including phenoxy) is 5. The molecule has 6 atom stereocenters. The van der Waals surface area contributed by atoms with Crippen molar-refractivity contribution in [1.82, 2.24) is 15.5 Å². The summed E-state index contributed by atoms with van der Waals surface area (Å²) in [4.78, 5) is 71.6. The molecular formula is C28H34IN3O18S. The van der Waals surface area contributed by atoms with Crippen LogP contribution in [0.4, 0.5) is 4.79 Å². The van der Waals surface area contributed by atoms with Crippen LogP contribution in [0.1, 0.15) is 12.0 Å². The zero-order valence-electron chi connectivity index (χ0n) is 26.3. The first-order chi connectivity index (χ1) is 24.0. The average Bonchev–Trinajstić information content (AvgIpc) is 3.37. The molecule has 21 nitrogen and oxygen atoms in total. The van der Waals surface area contributed by atoms with Crippen molar-refractivity contribution in [3.63, 3.8) is 0 Å². The van der Waals surface area contributed by atoms with Crippen LogP contribution in [-0.4, -0.2) is 147 Å². The predicted molar refractivity (Wildman–Crippen MR) is 174 cm³/mol. The number of carboxylic acids is 1. The summed E-state index contributed by atoms with van der Waals surface area (Å²) < 4.78 is 58.1. The molecule has 0 spiro atoms. The number of halogens is 1. The van der Waals surface area contributed by atoms with Gasteiger partial charge in [-0.15, -0.1) is 0 Å². The van der Waals surface area contributed by atoms with Gasteiger partial charge in [0, 0.05) is 43.3 Å². The zero-order chi connectivity index (χ0) is 37.9. The first kappa shape index (κ1) is 41.4. The SMILES string of the molecule is O=C(CCN1C(=O)C=CC1=O)N[C@@H](CS(=O)(=O)O)C(=O)NCCOCCOc1ccc(COC(=O)I)c(O[C@@H]2O[C@H](C(=O)O)[C@@H](O)[C@H](O)C2O)c1. The van der Waals surface area contributed by atoms with Crippen LogP contribution >= 0.6 is 22.6 Å². The van der Waals surface area contributed by atoms with Crippen LogP contribution < -0.4 is 20.1 Å². The number of rotatable bonds is 19. The van der Waals surface area contributed by atoms with Crippen molar-refractivity contribution in [3.8, 4) is 11.5 Å². The number of nitrogens with zero attached hydrogens (tertiary/aromatic N) is 1. The maximum atomic E-state index is 12.6. The number of benzene rings is 1. The molecule has 0 saturated carbocycles. The van der Waals surface area contributed by atoms with Crippen molar-refractivity contribution in [2.24, 2.45) is 0 Å². The van der Waals surface area contributed by atoms with Crippen LogP contribution in [0.25, 0.3) is 0 Å². The molecule has 0 aliphatic carbocycles. The molecule has 1 fully saturated rings. The van der Waals surface area contributed by atoms with Gasteiger partial charge >= 0.3 is 9.95 Å². The Labute approximate surface area is 302 Å². The number of nitrogens with one attached hydrogen (secondary N) is 2. The third-order valence-electron chi connectivity index (χ3n) is 6.97. The lowest BCUT2D eigenvalue weighted by Gasteiger charge is -2.38. The second-order valence-corrected chi connectivity index (χ2v) is 13.1. The van der Waals surface area contributed by atoms with Crippen LogP contribution in [0.15, 0.2) is 30.4 Å². The van der Waals surface area contributed by atoms with Gasteiger partial charge in [0.05, 0.1) is 35.8 Å². The van der Waals surface area contributed by atoms with E-state index in [1.165, 1.54) is 40.8 Å². The Kier molecular flexibility index (Phi) is 15.5. The maximum Gasteiger partial charge on any atom is 0.367 e. The van der Waals surface area contributed by atoms with E-state index in [1.807, 2.05) is 0 Å². The number of aliphatic hydroxyl groups excluding tert-OH is 3. The second kappa shape index (κ2) is 19.0. The molecule has 3 rings (SSSR count). The summed E-state index contributed by atoms with van der Waals surface area (Å²) in [5.41, 5.74) is 0.236. The standard InChI is InChI=1S/C28H34IN3O18S/c29-28(42)48-12-14-1-2-15(11-17(14)49-27-23(38)21(36)22(37)24(50-27)26(40)41)47-10-9-46-8-6-30-25(39)16(13-51(43,44)45)31-18(33)5-7-32-19(34)3-4-20(32)35/h1-4,11,16,21-24,27,36-38H,5-10,12-13H2,(H,30,39)(H,31,33)(H,40,41)(H,43,44,45)/t16-,21-,22-,23?,24-,27+/m0/s1. The number of hydrogen-bond acceptors (Lipinski definition) is 16. The lowest BCUT2D eigenvalue weighted by atomic mass is 9.99. The molecule has 4 amide bonds. The highest BCUT2D eigenvalue weighted by molar-refractivity contribution is 14.1. The Balaban J connectivity index is 1.49. The van der Waals surface area contributed by atoms with Crippen molar-refractivity contribution in [3.05, 3.63) is 35.9 Å². The van der Waals surface area contributed by atoms with Gasteiger partial charge < -0.3 is 54.7 Å². The Morgan fingerprint density at radius 3 is 2.31 bits per heavy atom. The van der Waals surface area contributed by atoms with Crippen LogP contribution in [-0.2, 0) is 54.9 Å². The molecule has 1 unspecified atom stereocenters. The van der Waals surface area contributed by atoms with Gasteiger partial charge in [-0.25, -0.2) is 9.59 Å². The average molecular weight is 860 g/mol. The van der Waals surface area contributed by atoms with Gasteiger partial charge in [-0.2, -0.15) is 8.42 Å². The number of aliphatic carboxylic acids is 1. The predicted octanol–water partition coefficient (Wildman–Crippen LogP) is -2.77. The molecule has 1 saturated heterocycles. The molecule has 51 heavy (non-hydrogen) atoms. The summed E-state index contributed by atoms with van der Waals surface area (Å²) in [5.74, 6) is -5.81. The number of aliphatic hydroxyl groups is 3. The number of carbonyl (C=O) groups is 6. The molecule has 1 aromatic rings. The molecule has 0 bridgehead atoms. The highest BCUT2D eigenvalue weighted by Gasteiger charge is 2.48. The van der Waals surface area contributed by atoms with Crippen LogP contribution in [0.3, 0.4) is 0 Å². The van der Waals surface area contributed by atoms with Crippen molar-refractivity contribution >= 4 is 66.3 Å². The van der Waals surface area contributed by atoms with E-state index in [4.69, 9.17) is 23.7 Å². The summed E-state index contributed by atoms with van der Waals surface area (Å²) >= 11 is 1.39. The molecule has 0 aromatic heterocycles. The van der Waals surface area contributed by atoms with Crippen LogP contribution in [0, 0.1) is 0 Å². The van der Waals surface area contributed by atoms with Crippen molar-refractivity contribution in [2.45, 2.75) is 49.8 Å². The van der Waals surface area contributed by atoms with Crippen molar-refractivity contribution in [1.29, 1.82) is 0 Å². The highest BCUT2D eigenvalue weighted by Crippen LogP contribution is 2.30. The van der Waals surface area contributed by atoms with Gasteiger partial charge in [0.2, 0.25) is 18.1 Å². The van der Waals surface area contributed by atoms with E-state index in [-0.39, 0.29) is 56.6 Å². The lowest BCUT2D eigenvalue weighted by molar-refractivity contribution is -0.271. The van der Waals surface area contributed by atoms with Gasteiger partial charge in [-0.3, -0.25) is 28.6 Å². The van der Waals surface area contributed by atoms with Crippen molar-refractivity contribution in [2.75, 3.05) is 38.7 Å². The fourth-order valence-corrected chi connectivity index (χ4v) is 5.29. The van der Waals surface area contributed by atoms with E-state index in [0.29, 0.717) is 0 Å². The molecule has 282 valence electrons. The minimum atomic E-state index is -4.71. The van der Waals surface area contributed by atoms with E-state index in [2.05, 4.69) is 10.6 Å². The number of amides is 4. The second-order valence-electron chi connectivity index (χ2n) is 10.7. The summed E-state index contributed by atoms with van der Waals surface area (Å²) in [7, 11) is -4.71. The molecular weight excluding hydrogens is 825 g/mol. The van der Waals surface area contributed by atoms with E-state index < -0.39 is 92.6 Å². The normalized spacial score (nSPS) is 22.3. The molecule has 23 heteroatoms. The van der Waals surface area contributed by atoms with Crippen molar-refractivity contribution < 1.29 is 85.8 Å². The van der Waals surface area contributed by atoms with E-state index >= 15 is 0 Å². The maximum absolute atomic E-state index is 12.6. The Bertz CT molecular complexity index is 1590. The smallest absolute Gasteiger partial charge is 0.367 e. The molecule has 1 aromatic carbocycles. The molecule has 2 heterocycles. The largest absolute Gasteiger partial charge is 0.491 e. The molecule has 2 aliphatic heterocycles. The van der Waals surface area contributed by atoms with Gasteiger partial charge in [0.1, 0.15) is 54.8 Å². The lowest BCUT2D eigenvalue weighted by Crippen LogP contribution is -2.61. The summed E-state index contributed by atoms with van der Waals surface area (Å²) in [5, 5.41) is 44.1. The third kappa shape index (κ3) is 12.9. The summed E-state index contributed by atoms with van der Waals surface area (Å²) in [6.07, 6.45) is -7.85. The number of carboxylic acid groups (broad SMARTS) is 1. The zero-order valence-corrected chi connectivity index (χ0v) is 29.3. The fourth-order valence-electron chi connectivity index (χ4n) is 4.48. The highest BCUT2D eigenvalue weighted by atomic mass is 127. The summed E-state index contributed by atoms with van der Waals surface area (Å²) in [6, 6.07) is 2.48. The topological polar surface area (TPSA) is 311 Å².